The fourth-order valence-corrected chi connectivity index (χ4v) is 4.02. The maximum atomic E-state index is 13.2. The molecule has 4 heterocycles. The highest BCUT2D eigenvalue weighted by atomic mass is 16.5. The molecule has 138 valence electrons. The summed E-state index contributed by atoms with van der Waals surface area (Å²) in [6.07, 6.45) is 4.65. The van der Waals surface area contributed by atoms with Crippen LogP contribution in [0.25, 0.3) is 0 Å². The van der Waals surface area contributed by atoms with Crippen molar-refractivity contribution in [2.75, 3.05) is 26.3 Å². The zero-order chi connectivity index (χ0) is 18.1. The Morgan fingerprint density at radius 1 is 1.19 bits per heavy atom. The molecule has 6 nitrogen and oxygen atoms in total. The molecule has 2 saturated heterocycles. The van der Waals surface area contributed by atoms with E-state index in [2.05, 4.69) is 23.1 Å². The lowest BCUT2D eigenvalue weighted by Crippen LogP contribution is -2.32. The van der Waals surface area contributed by atoms with Gasteiger partial charge in [0.1, 0.15) is 5.69 Å². The van der Waals surface area contributed by atoms with E-state index in [9.17, 15) is 4.79 Å². The van der Waals surface area contributed by atoms with Gasteiger partial charge in [-0.2, -0.15) is 5.10 Å². The van der Waals surface area contributed by atoms with Crippen molar-refractivity contribution in [3.05, 3.63) is 47.0 Å². The van der Waals surface area contributed by atoms with Crippen LogP contribution in [0.4, 0.5) is 0 Å². The number of hydrogen-bond acceptors (Lipinski definition) is 4. The van der Waals surface area contributed by atoms with E-state index in [1.807, 2.05) is 34.8 Å². The minimum Gasteiger partial charge on any atom is -0.381 e. The second-order valence-corrected chi connectivity index (χ2v) is 7.45. The number of aromatic nitrogens is 3. The average Bonchev–Trinajstić information content (AvgIpc) is 3.29. The Kier molecular flexibility index (Phi) is 4.76. The Balaban J connectivity index is 1.52. The van der Waals surface area contributed by atoms with Gasteiger partial charge in [-0.1, -0.05) is 0 Å². The summed E-state index contributed by atoms with van der Waals surface area (Å²) in [5.41, 5.74) is 3.92. The Morgan fingerprint density at radius 3 is 2.77 bits per heavy atom. The van der Waals surface area contributed by atoms with Crippen LogP contribution >= 0.6 is 0 Å². The smallest absolute Gasteiger partial charge is 0.272 e. The van der Waals surface area contributed by atoms with Gasteiger partial charge in [0.05, 0.1) is 11.7 Å². The van der Waals surface area contributed by atoms with E-state index in [1.54, 1.807) is 0 Å². The molecule has 0 unspecified atom stereocenters. The standard InChI is InChI=1S/C20H26N4O2/c1-14-3-7-21-18(11-14)16-4-8-23(13-16)20(25)19-12-15(2)22-24(19)17-5-9-26-10-6-17/h3,7,11-12,16-17H,4-6,8-10,13H2,1-2H3/t16-/m0/s1. The molecule has 26 heavy (non-hydrogen) atoms. The molecule has 0 saturated carbocycles. The number of rotatable bonds is 3. The van der Waals surface area contributed by atoms with Crippen LogP contribution in [-0.4, -0.2) is 51.9 Å². The summed E-state index contributed by atoms with van der Waals surface area (Å²) in [7, 11) is 0. The molecule has 4 rings (SSSR count). The zero-order valence-corrected chi connectivity index (χ0v) is 15.5. The molecule has 2 aromatic heterocycles. The summed E-state index contributed by atoms with van der Waals surface area (Å²) >= 11 is 0. The molecule has 1 atom stereocenters. The Bertz CT molecular complexity index is 795. The van der Waals surface area contributed by atoms with Gasteiger partial charge in [-0.05, 0) is 56.9 Å². The normalized spacial score (nSPS) is 21.3. The second-order valence-electron chi connectivity index (χ2n) is 7.45. The summed E-state index contributed by atoms with van der Waals surface area (Å²) in [6.45, 7) is 7.02. The number of aryl methyl sites for hydroxylation is 2. The van der Waals surface area contributed by atoms with Crippen molar-refractivity contribution in [2.24, 2.45) is 0 Å². The van der Waals surface area contributed by atoms with Crippen LogP contribution in [0.1, 0.15) is 58.7 Å². The number of pyridine rings is 1. The molecular formula is C20H26N4O2. The van der Waals surface area contributed by atoms with Crippen molar-refractivity contribution >= 4 is 5.91 Å². The van der Waals surface area contributed by atoms with Gasteiger partial charge in [-0.15, -0.1) is 0 Å². The summed E-state index contributed by atoms with van der Waals surface area (Å²) in [5, 5.41) is 4.62. The first-order valence-electron chi connectivity index (χ1n) is 9.47. The van der Waals surface area contributed by atoms with Gasteiger partial charge in [-0.3, -0.25) is 14.5 Å². The van der Waals surface area contributed by atoms with Gasteiger partial charge in [-0.25, -0.2) is 0 Å². The van der Waals surface area contributed by atoms with Gasteiger partial charge < -0.3 is 9.64 Å². The van der Waals surface area contributed by atoms with Crippen molar-refractivity contribution in [3.63, 3.8) is 0 Å². The minimum absolute atomic E-state index is 0.0900. The van der Waals surface area contributed by atoms with Crippen LogP contribution in [0, 0.1) is 13.8 Å². The first-order chi connectivity index (χ1) is 12.6. The van der Waals surface area contributed by atoms with Crippen LogP contribution in [0.2, 0.25) is 0 Å². The van der Waals surface area contributed by atoms with Crippen LogP contribution in [0.15, 0.2) is 24.4 Å². The zero-order valence-electron chi connectivity index (χ0n) is 15.5. The molecule has 0 bridgehead atoms. The summed E-state index contributed by atoms with van der Waals surface area (Å²) in [6, 6.07) is 6.33. The van der Waals surface area contributed by atoms with E-state index in [-0.39, 0.29) is 11.9 Å². The highest BCUT2D eigenvalue weighted by Gasteiger charge is 2.32. The maximum Gasteiger partial charge on any atom is 0.272 e. The summed E-state index contributed by atoms with van der Waals surface area (Å²) in [5.74, 6) is 0.409. The molecule has 0 aliphatic carbocycles. The van der Waals surface area contributed by atoms with Crippen LogP contribution in [0.3, 0.4) is 0 Å². The van der Waals surface area contributed by atoms with Crippen molar-refractivity contribution in [3.8, 4) is 0 Å². The van der Waals surface area contributed by atoms with Gasteiger partial charge in [0, 0.05) is 44.1 Å². The predicted molar refractivity (Wildman–Crippen MR) is 98.3 cm³/mol. The fraction of sp³-hybridized carbons (Fsp3) is 0.550. The Hall–Kier alpha value is -2.21. The average molecular weight is 354 g/mol. The monoisotopic (exact) mass is 354 g/mol. The van der Waals surface area contributed by atoms with E-state index in [0.29, 0.717) is 11.6 Å². The maximum absolute atomic E-state index is 13.2. The highest BCUT2D eigenvalue weighted by Crippen LogP contribution is 2.29. The Labute approximate surface area is 154 Å². The molecule has 2 fully saturated rings. The molecule has 0 aromatic carbocycles. The van der Waals surface area contributed by atoms with Crippen molar-refractivity contribution in [1.82, 2.24) is 19.7 Å². The lowest BCUT2D eigenvalue weighted by molar-refractivity contribution is 0.0617. The minimum atomic E-state index is 0.0900. The van der Waals surface area contributed by atoms with E-state index in [4.69, 9.17) is 4.74 Å². The van der Waals surface area contributed by atoms with Gasteiger partial charge in [0.25, 0.3) is 5.91 Å². The lowest BCUT2D eigenvalue weighted by Gasteiger charge is -2.25. The number of hydrogen-bond donors (Lipinski definition) is 0. The SMILES string of the molecule is Cc1ccnc([C@H]2CCN(C(=O)c3cc(C)nn3C3CCOCC3)C2)c1. The van der Waals surface area contributed by atoms with Crippen LogP contribution in [-0.2, 0) is 4.74 Å². The topological polar surface area (TPSA) is 60.2 Å². The van der Waals surface area contributed by atoms with Gasteiger partial charge >= 0.3 is 0 Å². The van der Waals surface area contributed by atoms with Crippen molar-refractivity contribution in [2.45, 2.75) is 45.1 Å². The highest BCUT2D eigenvalue weighted by molar-refractivity contribution is 5.93. The quantitative estimate of drug-likeness (QED) is 0.850. The summed E-state index contributed by atoms with van der Waals surface area (Å²) < 4.78 is 7.40. The molecule has 2 aliphatic rings. The molecule has 0 N–H and O–H groups in total. The molecule has 0 spiro atoms. The number of likely N-dealkylation sites (tertiary alicyclic amines) is 1. The molecule has 0 radical (unpaired) electrons. The molecular weight excluding hydrogens is 328 g/mol. The van der Waals surface area contributed by atoms with Gasteiger partial charge in [0.2, 0.25) is 0 Å². The summed E-state index contributed by atoms with van der Waals surface area (Å²) in [4.78, 5) is 19.7. The second kappa shape index (κ2) is 7.19. The molecule has 2 aromatic rings. The molecule has 2 aliphatic heterocycles. The predicted octanol–water partition coefficient (Wildman–Crippen LogP) is 2.88. The molecule has 6 heteroatoms. The largest absolute Gasteiger partial charge is 0.381 e. The third-order valence-electron chi connectivity index (χ3n) is 5.44. The Morgan fingerprint density at radius 2 is 2.00 bits per heavy atom. The first kappa shape index (κ1) is 17.2. The van der Waals surface area contributed by atoms with E-state index in [0.717, 1.165) is 57.0 Å². The first-order valence-corrected chi connectivity index (χ1v) is 9.47. The van der Waals surface area contributed by atoms with Crippen LogP contribution < -0.4 is 0 Å². The number of ether oxygens (including phenoxy) is 1. The number of amides is 1. The van der Waals surface area contributed by atoms with E-state index >= 15 is 0 Å². The van der Waals surface area contributed by atoms with Crippen LogP contribution in [0.5, 0.6) is 0 Å². The van der Waals surface area contributed by atoms with E-state index < -0.39 is 0 Å². The molecule has 1 amide bonds. The number of nitrogens with zero attached hydrogens (tertiary/aromatic N) is 4. The van der Waals surface area contributed by atoms with E-state index in [1.165, 1.54) is 5.56 Å². The third-order valence-corrected chi connectivity index (χ3v) is 5.44. The van der Waals surface area contributed by atoms with Crippen molar-refractivity contribution < 1.29 is 9.53 Å². The fourth-order valence-electron chi connectivity index (χ4n) is 4.02. The van der Waals surface area contributed by atoms with Gasteiger partial charge in [0.15, 0.2) is 0 Å². The third kappa shape index (κ3) is 3.38. The number of carbonyl (C=O) groups is 1. The number of carbonyl (C=O) groups excluding carboxylic acids is 1. The van der Waals surface area contributed by atoms with Crippen molar-refractivity contribution in [1.29, 1.82) is 0 Å². The lowest BCUT2D eigenvalue weighted by atomic mass is 10.0.